The highest BCUT2D eigenvalue weighted by atomic mass is 32.1. The number of carbonyl (C=O) groups is 4. The molecule has 2 aliphatic rings. The van der Waals surface area contributed by atoms with Crippen molar-refractivity contribution in [2.45, 2.75) is 37.3 Å². The van der Waals surface area contributed by atoms with Crippen LogP contribution in [0.15, 0.2) is 143 Å². The highest BCUT2D eigenvalue weighted by Crippen LogP contribution is 2.67. The maximum Gasteiger partial charge on any atom is 0.333 e. The van der Waals surface area contributed by atoms with Crippen molar-refractivity contribution >= 4 is 100 Å². The molecule has 4 aromatic heterocycles. The van der Waals surface area contributed by atoms with Crippen molar-refractivity contribution < 1.29 is 38.1 Å². The summed E-state index contributed by atoms with van der Waals surface area (Å²) < 4.78 is 25.2. The number of rotatable bonds is 14. The fourth-order valence-electron chi connectivity index (χ4n) is 8.68. The minimum atomic E-state index is -2.37. The number of carbonyl (C=O) groups excluding carboxylic acids is 4. The summed E-state index contributed by atoms with van der Waals surface area (Å²) in [6.07, 6.45) is 0. The zero-order chi connectivity index (χ0) is 50.0. The number of nitriles is 4. The van der Waals surface area contributed by atoms with Crippen LogP contribution < -0.4 is 0 Å². The second-order valence-electron chi connectivity index (χ2n) is 16.0. The van der Waals surface area contributed by atoms with Gasteiger partial charge >= 0.3 is 23.9 Å². The number of nitrogens with zero attached hydrogens (tertiary/aromatic N) is 6. The lowest BCUT2D eigenvalue weighted by Gasteiger charge is -2.27. The third-order valence-electron chi connectivity index (χ3n) is 11.9. The van der Waals surface area contributed by atoms with Crippen molar-refractivity contribution in [3.63, 3.8) is 0 Å². The van der Waals surface area contributed by atoms with Crippen LogP contribution in [0.3, 0.4) is 0 Å². The lowest BCUT2D eigenvalue weighted by atomic mass is 9.77. The first-order chi connectivity index (χ1) is 35.1. The molecule has 0 saturated carbocycles. The Morgan fingerprint density at radius 3 is 0.958 bits per heavy atom. The molecule has 10 rings (SSSR count). The molecule has 0 aliphatic heterocycles. The predicted molar refractivity (Wildman–Crippen MR) is 269 cm³/mol. The van der Waals surface area contributed by atoms with E-state index in [0.29, 0.717) is 51.2 Å². The molecule has 0 atom stereocenters. The third-order valence-corrected chi connectivity index (χ3v) is 16.8. The summed E-state index contributed by atoms with van der Waals surface area (Å²) in [6.45, 7) is -0.971. The van der Waals surface area contributed by atoms with Gasteiger partial charge in [-0.1, -0.05) is 121 Å². The van der Waals surface area contributed by atoms with E-state index in [1.54, 1.807) is 146 Å². The van der Waals surface area contributed by atoms with Gasteiger partial charge in [0, 0.05) is 22.3 Å². The predicted octanol–water partition coefficient (Wildman–Crippen LogP) is 10.8. The normalized spacial score (nSPS) is 12.8. The van der Waals surface area contributed by atoms with Crippen molar-refractivity contribution in [2.75, 3.05) is 0 Å². The summed E-state index contributed by atoms with van der Waals surface area (Å²) in [5.41, 5.74) is -2.57. The van der Waals surface area contributed by atoms with Gasteiger partial charge < -0.3 is 18.9 Å². The van der Waals surface area contributed by atoms with Gasteiger partial charge in [0.2, 0.25) is 22.3 Å². The second kappa shape index (κ2) is 19.5. The highest BCUT2D eigenvalue weighted by Gasteiger charge is 2.65. The molecule has 0 spiro atoms. The van der Waals surface area contributed by atoms with E-state index in [1.165, 1.54) is 12.1 Å². The average molecular weight is 1020 g/mol. The van der Waals surface area contributed by atoms with E-state index in [9.17, 15) is 21.0 Å². The molecule has 4 heterocycles. The van der Waals surface area contributed by atoms with E-state index < -0.39 is 46.1 Å². The summed E-state index contributed by atoms with van der Waals surface area (Å²) >= 11 is 4.29. The van der Waals surface area contributed by atoms with Crippen LogP contribution in [-0.4, -0.2) is 35.3 Å². The molecule has 0 fully saturated rings. The quantitative estimate of drug-likeness (QED) is 0.0429. The summed E-state index contributed by atoms with van der Waals surface area (Å²) in [7, 11) is 0. The van der Waals surface area contributed by atoms with Crippen LogP contribution >= 0.6 is 45.3 Å². The lowest BCUT2D eigenvalue weighted by molar-refractivity contribution is -0.166. The number of hydrogen-bond donors (Lipinski definition) is 0. The van der Waals surface area contributed by atoms with E-state index in [-0.39, 0.29) is 58.7 Å². The minimum Gasteiger partial charge on any atom is -0.459 e. The van der Waals surface area contributed by atoms with Gasteiger partial charge in [-0.2, -0.15) is 21.0 Å². The minimum absolute atomic E-state index is 0.134. The number of fused-ring (bicyclic) bond motifs is 9. The number of benzene rings is 4. The standard InChI is InChI=1S/C54H30N6O8S4/c55-23-35(24-56)59-39-21-37-43(69-39)45-41(53(37,49(61)65-27-31-13-5-1-6-14-31)50(62)66-28-32-15-7-2-8-16-32)47-48(71-45)42-46(72-47)44-38(22-40(70-44)60-36(25-57)26-58)54(42,51(63)67-29-33-17-9-3-10-18-33)52(64)68-30-34-19-11-4-12-20-34/h1-22H,27-30H2. The van der Waals surface area contributed by atoms with Crippen LogP contribution in [-0.2, 0) is 75.4 Å². The Morgan fingerprint density at radius 1 is 0.417 bits per heavy atom. The monoisotopic (exact) mass is 1020 g/mol. The molecule has 0 saturated heterocycles. The smallest absolute Gasteiger partial charge is 0.333 e. The first kappa shape index (κ1) is 46.8. The van der Waals surface area contributed by atoms with Gasteiger partial charge in [0.05, 0.1) is 28.9 Å². The molecule has 4 aromatic carbocycles. The largest absolute Gasteiger partial charge is 0.459 e. The Labute approximate surface area is 425 Å². The van der Waals surface area contributed by atoms with Crippen molar-refractivity contribution in [1.82, 2.24) is 0 Å². The zero-order valence-corrected chi connectivity index (χ0v) is 40.4. The molecule has 0 unspecified atom stereocenters. The van der Waals surface area contributed by atoms with Gasteiger partial charge in [0.25, 0.3) is 0 Å². The molecule has 72 heavy (non-hydrogen) atoms. The fraction of sp³-hybridized carbons (Fsp3) is 0.111. The Bertz CT molecular complexity index is 3350. The number of esters is 4. The molecule has 348 valence electrons. The van der Waals surface area contributed by atoms with Gasteiger partial charge in [0.15, 0.2) is 0 Å². The molecule has 2 aliphatic carbocycles. The fourth-order valence-corrected chi connectivity index (χ4v) is 14.3. The molecule has 18 heteroatoms. The Kier molecular flexibility index (Phi) is 12.7. The highest BCUT2D eigenvalue weighted by molar-refractivity contribution is 7.35. The van der Waals surface area contributed by atoms with Gasteiger partial charge in [-0.25, -0.2) is 9.98 Å². The Morgan fingerprint density at radius 2 is 0.694 bits per heavy atom. The van der Waals surface area contributed by atoms with Crippen LogP contribution in [0.5, 0.6) is 0 Å². The Hall–Kier alpha value is -8.88. The molecule has 8 aromatic rings. The van der Waals surface area contributed by atoms with E-state index >= 15 is 19.2 Å². The average Bonchev–Trinajstić information content (AvgIpc) is 4.27. The molecule has 0 bridgehead atoms. The third kappa shape index (κ3) is 7.91. The topological polar surface area (TPSA) is 225 Å². The number of hydrogen-bond acceptors (Lipinski definition) is 18. The second-order valence-corrected chi connectivity index (χ2v) is 20.1. The first-order valence-corrected chi connectivity index (χ1v) is 24.9. The number of ether oxygens (including phenoxy) is 4. The van der Waals surface area contributed by atoms with Crippen LogP contribution in [0.2, 0.25) is 0 Å². The van der Waals surface area contributed by atoms with Gasteiger partial charge in [0.1, 0.15) is 60.7 Å². The van der Waals surface area contributed by atoms with E-state index in [4.69, 9.17) is 18.9 Å². The molecule has 0 N–H and O–H groups in total. The van der Waals surface area contributed by atoms with Crippen molar-refractivity contribution in [1.29, 1.82) is 21.0 Å². The molecule has 0 radical (unpaired) electrons. The van der Waals surface area contributed by atoms with Gasteiger partial charge in [-0.05, 0) is 34.4 Å². The van der Waals surface area contributed by atoms with E-state index in [0.717, 1.165) is 45.3 Å². The van der Waals surface area contributed by atoms with Gasteiger partial charge in [-0.15, -0.1) is 45.3 Å². The van der Waals surface area contributed by atoms with Crippen LogP contribution in [0.1, 0.15) is 44.5 Å². The SMILES string of the molecule is N#CC(C#N)=Nc1cc2c(s1)-c1sc3c4c(sc3c1C2(C(=O)OCc1ccccc1)C(=O)OCc1ccccc1)-c1sc(N=C(C#N)C#N)cc1C4(C(=O)OCc1ccccc1)C(=O)OCc1ccccc1. The summed E-state index contributed by atoms with van der Waals surface area (Å²) in [6, 6.07) is 45.5. The summed E-state index contributed by atoms with van der Waals surface area (Å²) in [5, 5.41) is 39.1. The van der Waals surface area contributed by atoms with E-state index in [2.05, 4.69) is 9.98 Å². The first-order valence-electron chi connectivity index (χ1n) is 21.7. The molecular formula is C54H30N6O8S4. The van der Waals surface area contributed by atoms with Crippen molar-refractivity contribution in [3.8, 4) is 43.8 Å². The van der Waals surface area contributed by atoms with Crippen LogP contribution in [0, 0.1) is 45.3 Å². The van der Waals surface area contributed by atoms with Crippen molar-refractivity contribution in [2.24, 2.45) is 9.98 Å². The summed E-state index contributed by atoms with van der Waals surface area (Å²) in [4.78, 5) is 71.9. The lowest BCUT2D eigenvalue weighted by Crippen LogP contribution is -2.46. The van der Waals surface area contributed by atoms with Gasteiger partial charge in [-0.3, -0.25) is 19.2 Å². The van der Waals surface area contributed by atoms with Crippen LogP contribution in [0.25, 0.3) is 28.9 Å². The Balaban J connectivity index is 1.24. The number of thiophene rings is 4. The maximum absolute atomic E-state index is 15.5. The molecular weight excluding hydrogens is 989 g/mol. The molecule has 14 nitrogen and oxygen atoms in total. The number of aliphatic imine (C=N–C) groups is 2. The summed E-state index contributed by atoms with van der Waals surface area (Å²) in [5.74, 6) is -4.01. The zero-order valence-electron chi connectivity index (χ0n) is 37.1. The maximum atomic E-state index is 15.5. The van der Waals surface area contributed by atoms with E-state index in [1.807, 2.05) is 0 Å². The van der Waals surface area contributed by atoms with Crippen LogP contribution in [0.4, 0.5) is 10.0 Å². The van der Waals surface area contributed by atoms with Crippen molar-refractivity contribution in [3.05, 3.63) is 178 Å². The molecule has 0 amide bonds.